The van der Waals surface area contributed by atoms with Gasteiger partial charge in [-0.25, -0.2) is 4.79 Å². The van der Waals surface area contributed by atoms with Gasteiger partial charge < -0.3 is 15.4 Å². The number of benzene rings is 1. The van der Waals surface area contributed by atoms with Crippen molar-refractivity contribution in [2.24, 2.45) is 16.0 Å². The third-order valence-electron chi connectivity index (χ3n) is 5.45. The summed E-state index contributed by atoms with van der Waals surface area (Å²) in [6.07, 6.45) is 6.41. The number of nitrogens with zero attached hydrogens (tertiary/aromatic N) is 4. The summed E-state index contributed by atoms with van der Waals surface area (Å²) >= 11 is 0. The molecule has 146 valence electrons. The van der Waals surface area contributed by atoms with Gasteiger partial charge in [0.2, 0.25) is 5.88 Å². The highest BCUT2D eigenvalue weighted by Gasteiger charge is 2.24. The molecule has 2 aromatic rings. The second kappa shape index (κ2) is 8.52. The second-order valence-corrected chi connectivity index (χ2v) is 7.50. The standard InChI is InChI=1S/C20H29N5O2/c1-14(2)24(15-8-4-3-5-9-15)12-13-25-17-11-7-6-10-16(17)18(19(25)26)22-23-20(21)27/h6-7,10-11,14-15,26H,3-5,8-9,12-13H2,1-2H3,(H2,21,27). The molecule has 3 rings (SSSR count). The van der Waals surface area contributed by atoms with E-state index in [9.17, 15) is 9.90 Å². The maximum Gasteiger partial charge on any atom is 0.356 e. The summed E-state index contributed by atoms with van der Waals surface area (Å²) in [5.74, 6) is 0.0218. The molecular formula is C20H29N5O2. The van der Waals surface area contributed by atoms with E-state index >= 15 is 0 Å². The Hall–Kier alpha value is -2.41. The van der Waals surface area contributed by atoms with Gasteiger partial charge in [-0.2, -0.15) is 0 Å². The number of aromatic nitrogens is 1. The Kier molecular flexibility index (Phi) is 6.11. The van der Waals surface area contributed by atoms with Crippen LogP contribution in [0.2, 0.25) is 0 Å². The van der Waals surface area contributed by atoms with Crippen LogP contribution in [0.3, 0.4) is 0 Å². The van der Waals surface area contributed by atoms with Crippen LogP contribution in [-0.4, -0.2) is 39.2 Å². The SMILES string of the molecule is CC(C)N(CCn1c(O)c(N=NC(N)=O)c2ccccc21)C1CCCCC1. The van der Waals surface area contributed by atoms with E-state index in [4.69, 9.17) is 5.73 Å². The first-order chi connectivity index (χ1) is 13.0. The van der Waals surface area contributed by atoms with Crippen molar-refractivity contribution in [2.45, 2.75) is 64.6 Å². The molecule has 7 nitrogen and oxygen atoms in total. The van der Waals surface area contributed by atoms with Gasteiger partial charge in [-0.15, -0.1) is 5.11 Å². The van der Waals surface area contributed by atoms with E-state index in [1.165, 1.54) is 32.1 Å². The molecule has 7 heteroatoms. The van der Waals surface area contributed by atoms with Crippen molar-refractivity contribution >= 4 is 22.6 Å². The number of hydrogen-bond acceptors (Lipinski definition) is 4. The van der Waals surface area contributed by atoms with E-state index < -0.39 is 6.03 Å². The average molecular weight is 371 g/mol. The van der Waals surface area contributed by atoms with Crippen molar-refractivity contribution < 1.29 is 9.90 Å². The van der Waals surface area contributed by atoms with Crippen LogP contribution in [0.5, 0.6) is 5.88 Å². The van der Waals surface area contributed by atoms with Gasteiger partial charge in [-0.05, 0) is 32.8 Å². The second-order valence-electron chi connectivity index (χ2n) is 7.50. The normalized spacial score (nSPS) is 16.1. The molecule has 1 aliphatic carbocycles. The Balaban J connectivity index is 1.87. The number of aromatic hydroxyl groups is 1. The number of fused-ring (bicyclic) bond motifs is 1. The van der Waals surface area contributed by atoms with Crippen LogP contribution in [0.15, 0.2) is 34.5 Å². The van der Waals surface area contributed by atoms with E-state index in [1.54, 1.807) is 0 Å². The summed E-state index contributed by atoms with van der Waals surface area (Å²) in [5.41, 5.74) is 6.23. The molecule has 0 aliphatic heterocycles. The van der Waals surface area contributed by atoms with Gasteiger partial charge in [0.1, 0.15) is 0 Å². The molecule has 0 atom stereocenters. The molecule has 27 heavy (non-hydrogen) atoms. The van der Waals surface area contributed by atoms with Crippen molar-refractivity contribution in [1.29, 1.82) is 0 Å². The van der Waals surface area contributed by atoms with Gasteiger partial charge in [0.05, 0.1) is 5.52 Å². The fourth-order valence-corrected chi connectivity index (χ4v) is 4.19. The quantitative estimate of drug-likeness (QED) is 0.729. The van der Waals surface area contributed by atoms with Crippen molar-refractivity contribution in [3.05, 3.63) is 24.3 Å². The lowest BCUT2D eigenvalue weighted by Gasteiger charge is -2.37. The van der Waals surface area contributed by atoms with Gasteiger partial charge in [-0.1, -0.05) is 42.6 Å². The Bertz CT molecular complexity index is 821. The van der Waals surface area contributed by atoms with Gasteiger partial charge in [0, 0.05) is 30.6 Å². The number of primary amides is 1. The predicted molar refractivity (Wildman–Crippen MR) is 106 cm³/mol. The van der Waals surface area contributed by atoms with Crippen LogP contribution < -0.4 is 5.73 Å². The average Bonchev–Trinajstić information content (AvgIpc) is 2.92. The maximum atomic E-state index is 11.0. The van der Waals surface area contributed by atoms with E-state index in [-0.39, 0.29) is 11.6 Å². The van der Waals surface area contributed by atoms with Crippen molar-refractivity contribution in [2.75, 3.05) is 6.54 Å². The molecule has 1 heterocycles. The number of nitrogens with two attached hydrogens (primary N) is 1. The first kappa shape index (κ1) is 19.4. The minimum Gasteiger partial charge on any atom is -0.493 e. The minimum atomic E-state index is -0.880. The third kappa shape index (κ3) is 4.30. The van der Waals surface area contributed by atoms with Gasteiger partial charge >= 0.3 is 6.03 Å². The van der Waals surface area contributed by atoms with Crippen LogP contribution in [0.4, 0.5) is 10.5 Å². The van der Waals surface area contributed by atoms with Crippen LogP contribution in [-0.2, 0) is 6.54 Å². The number of amides is 2. The summed E-state index contributed by atoms with van der Waals surface area (Å²) in [7, 11) is 0. The van der Waals surface area contributed by atoms with Crippen molar-refractivity contribution in [3.8, 4) is 5.88 Å². The Morgan fingerprint density at radius 2 is 2.00 bits per heavy atom. The molecule has 0 radical (unpaired) electrons. The number of carbonyl (C=O) groups is 1. The summed E-state index contributed by atoms with van der Waals surface area (Å²) < 4.78 is 1.85. The molecular weight excluding hydrogens is 342 g/mol. The monoisotopic (exact) mass is 371 g/mol. The molecule has 1 aromatic carbocycles. The molecule has 1 fully saturated rings. The number of urea groups is 1. The molecule has 0 saturated heterocycles. The number of azo groups is 1. The minimum absolute atomic E-state index is 0.0218. The topological polar surface area (TPSA) is 96.2 Å². The zero-order valence-electron chi connectivity index (χ0n) is 16.1. The fourth-order valence-electron chi connectivity index (χ4n) is 4.19. The van der Waals surface area contributed by atoms with E-state index in [1.807, 2.05) is 28.8 Å². The van der Waals surface area contributed by atoms with Crippen LogP contribution in [0, 0.1) is 0 Å². The van der Waals surface area contributed by atoms with Crippen LogP contribution in [0.25, 0.3) is 10.9 Å². The zero-order chi connectivity index (χ0) is 19.4. The highest BCUT2D eigenvalue weighted by atomic mass is 16.3. The summed E-state index contributed by atoms with van der Waals surface area (Å²) in [6, 6.07) is 7.78. The van der Waals surface area contributed by atoms with E-state index in [0.29, 0.717) is 18.6 Å². The fraction of sp³-hybridized carbons (Fsp3) is 0.550. The third-order valence-corrected chi connectivity index (χ3v) is 5.45. The number of rotatable bonds is 6. The summed E-state index contributed by atoms with van der Waals surface area (Å²) in [5, 5.41) is 18.8. The Morgan fingerprint density at radius 1 is 1.30 bits per heavy atom. The molecule has 0 spiro atoms. The molecule has 3 N–H and O–H groups in total. The Morgan fingerprint density at radius 3 is 2.67 bits per heavy atom. The molecule has 1 saturated carbocycles. The van der Waals surface area contributed by atoms with Gasteiger partial charge in [0.15, 0.2) is 5.69 Å². The lowest BCUT2D eigenvalue weighted by Crippen LogP contribution is -2.43. The molecule has 0 bridgehead atoms. The highest BCUT2D eigenvalue weighted by Crippen LogP contribution is 2.38. The Labute approximate surface area is 159 Å². The zero-order valence-corrected chi connectivity index (χ0v) is 16.1. The number of hydrogen-bond donors (Lipinski definition) is 2. The number of para-hydroxylation sites is 1. The van der Waals surface area contributed by atoms with Crippen molar-refractivity contribution in [1.82, 2.24) is 9.47 Å². The lowest BCUT2D eigenvalue weighted by atomic mass is 9.93. The molecule has 1 aliphatic rings. The maximum absolute atomic E-state index is 11.0. The van der Waals surface area contributed by atoms with Crippen LogP contribution >= 0.6 is 0 Å². The van der Waals surface area contributed by atoms with E-state index in [0.717, 1.165) is 17.4 Å². The lowest BCUT2D eigenvalue weighted by molar-refractivity contribution is 0.115. The van der Waals surface area contributed by atoms with Crippen molar-refractivity contribution in [3.63, 3.8) is 0 Å². The van der Waals surface area contributed by atoms with Gasteiger partial charge in [0.25, 0.3) is 0 Å². The smallest absolute Gasteiger partial charge is 0.356 e. The summed E-state index contributed by atoms with van der Waals surface area (Å²) in [4.78, 5) is 13.5. The van der Waals surface area contributed by atoms with Gasteiger partial charge in [-0.3, -0.25) is 4.90 Å². The molecule has 2 amide bonds. The predicted octanol–water partition coefficient (Wildman–Crippen LogP) is 4.55. The molecule has 1 aromatic heterocycles. The highest BCUT2D eigenvalue weighted by molar-refractivity contribution is 5.95. The van der Waals surface area contributed by atoms with Crippen LogP contribution in [0.1, 0.15) is 46.0 Å². The number of carbonyl (C=O) groups excluding carboxylic acids is 1. The largest absolute Gasteiger partial charge is 0.493 e. The summed E-state index contributed by atoms with van der Waals surface area (Å²) in [6.45, 7) is 5.96. The van der Waals surface area contributed by atoms with E-state index in [2.05, 4.69) is 29.0 Å². The molecule has 0 unspecified atom stereocenters. The first-order valence-electron chi connectivity index (χ1n) is 9.76. The first-order valence-corrected chi connectivity index (χ1v) is 9.76.